The lowest BCUT2D eigenvalue weighted by molar-refractivity contribution is -0.118. The van der Waals surface area contributed by atoms with Crippen LogP contribution >= 0.6 is 46.5 Å². The highest BCUT2D eigenvalue weighted by Crippen LogP contribution is 2.36. The lowest BCUT2D eigenvalue weighted by Gasteiger charge is -2.09. The molecular weight excluding hydrogens is 492 g/mol. The topological polar surface area (TPSA) is 106 Å². The number of phenolic OH excluding ortho intramolecular Hbond substituents is 1. The van der Waals surface area contributed by atoms with E-state index in [0.717, 1.165) is 14.9 Å². The first-order valence-electron chi connectivity index (χ1n) is 9.09. The van der Waals surface area contributed by atoms with Gasteiger partial charge in [0.2, 0.25) is 5.75 Å². The lowest BCUT2D eigenvalue weighted by atomic mass is 10.2. The minimum absolute atomic E-state index is 0.103. The SMILES string of the molecule is COc1cc(/C=N/NC(=O)CSc2nnc(SCc3ccccc3Cl)s2)cc(OC)c1O. The summed E-state index contributed by atoms with van der Waals surface area (Å²) in [6, 6.07) is 10.8. The van der Waals surface area contributed by atoms with E-state index < -0.39 is 0 Å². The highest BCUT2D eigenvalue weighted by Gasteiger charge is 2.11. The fourth-order valence-electron chi connectivity index (χ4n) is 2.40. The van der Waals surface area contributed by atoms with Crippen LogP contribution in [0.25, 0.3) is 0 Å². The van der Waals surface area contributed by atoms with Crippen LogP contribution in [-0.2, 0) is 10.5 Å². The highest BCUT2D eigenvalue weighted by atomic mass is 35.5. The molecule has 0 spiro atoms. The number of benzene rings is 2. The number of nitrogens with one attached hydrogen (secondary N) is 1. The Morgan fingerprint density at radius 2 is 1.84 bits per heavy atom. The fourth-order valence-corrected chi connectivity index (χ4v) is 5.49. The predicted octanol–water partition coefficient (Wildman–Crippen LogP) is 4.45. The van der Waals surface area contributed by atoms with E-state index in [9.17, 15) is 9.90 Å². The number of ether oxygens (including phenoxy) is 2. The summed E-state index contributed by atoms with van der Waals surface area (Å²) < 4.78 is 11.7. The molecule has 1 amide bonds. The molecule has 0 aliphatic heterocycles. The number of methoxy groups -OCH3 is 2. The second-order valence-electron chi connectivity index (χ2n) is 6.07. The number of thioether (sulfide) groups is 2. The number of carbonyl (C=O) groups excluding carboxylic acids is 1. The van der Waals surface area contributed by atoms with Crippen molar-refractivity contribution in [2.75, 3.05) is 20.0 Å². The van der Waals surface area contributed by atoms with Crippen LogP contribution in [0.4, 0.5) is 0 Å². The van der Waals surface area contributed by atoms with E-state index in [1.165, 1.54) is 43.5 Å². The first-order valence-corrected chi connectivity index (χ1v) is 12.3. The average Bonchev–Trinajstić information content (AvgIpc) is 3.26. The molecule has 2 aromatic carbocycles. The molecule has 168 valence electrons. The molecule has 0 atom stereocenters. The van der Waals surface area contributed by atoms with Crippen LogP contribution in [0.2, 0.25) is 5.02 Å². The summed E-state index contributed by atoms with van der Waals surface area (Å²) in [5.41, 5.74) is 4.08. The molecular formula is C20H19ClN4O4S3. The summed E-state index contributed by atoms with van der Waals surface area (Å²) in [5, 5.41) is 22.8. The summed E-state index contributed by atoms with van der Waals surface area (Å²) in [6.07, 6.45) is 1.43. The Kier molecular flexibility index (Phi) is 9.03. The Bertz CT molecular complexity index is 1080. The first-order chi connectivity index (χ1) is 15.5. The van der Waals surface area contributed by atoms with Crippen molar-refractivity contribution in [1.29, 1.82) is 0 Å². The number of amides is 1. The maximum Gasteiger partial charge on any atom is 0.250 e. The van der Waals surface area contributed by atoms with Crippen LogP contribution in [0.5, 0.6) is 17.2 Å². The van der Waals surface area contributed by atoms with Crippen molar-refractivity contribution in [3.05, 3.63) is 52.5 Å². The molecule has 0 aliphatic rings. The van der Waals surface area contributed by atoms with Gasteiger partial charge in [0.25, 0.3) is 5.91 Å². The minimum Gasteiger partial charge on any atom is -0.502 e. The number of hydrogen-bond donors (Lipinski definition) is 2. The van der Waals surface area contributed by atoms with Gasteiger partial charge < -0.3 is 14.6 Å². The molecule has 32 heavy (non-hydrogen) atoms. The molecule has 0 fully saturated rings. The van der Waals surface area contributed by atoms with Gasteiger partial charge in [-0.3, -0.25) is 4.79 Å². The van der Waals surface area contributed by atoms with Gasteiger partial charge in [0.15, 0.2) is 20.2 Å². The third kappa shape index (κ3) is 6.76. The number of halogens is 1. The van der Waals surface area contributed by atoms with Crippen LogP contribution in [0.3, 0.4) is 0 Å². The number of hydrazone groups is 1. The van der Waals surface area contributed by atoms with E-state index in [-0.39, 0.29) is 28.9 Å². The molecule has 3 aromatic rings. The number of nitrogens with zero attached hydrogens (tertiary/aromatic N) is 3. The van der Waals surface area contributed by atoms with Gasteiger partial charge in [-0.05, 0) is 23.8 Å². The molecule has 0 bridgehead atoms. The van der Waals surface area contributed by atoms with Gasteiger partial charge in [-0.2, -0.15) is 5.10 Å². The Labute approximate surface area is 202 Å². The molecule has 0 saturated carbocycles. The standard InChI is InChI=1S/C20H19ClN4O4S3/c1-28-15-7-12(8-16(29-2)18(15)27)9-22-23-17(26)11-31-20-25-24-19(32-20)30-10-13-5-3-4-6-14(13)21/h3-9,27H,10-11H2,1-2H3,(H,23,26)/b22-9+. The molecule has 2 N–H and O–H groups in total. The molecule has 1 aromatic heterocycles. The van der Waals surface area contributed by atoms with Gasteiger partial charge in [-0.15, -0.1) is 10.2 Å². The van der Waals surface area contributed by atoms with Crippen LogP contribution in [-0.4, -0.2) is 47.4 Å². The quantitative estimate of drug-likeness (QED) is 0.234. The normalized spacial score (nSPS) is 11.0. The van der Waals surface area contributed by atoms with Crippen LogP contribution in [0.15, 0.2) is 50.2 Å². The maximum absolute atomic E-state index is 12.1. The molecule has 0 unspecified atom stereocenters. The Morgan fingerprint density at radius 3 is 2.50 bits per heavy atom. The van der Waals surface area contributed by atoms with Crippen LogP contribution < -0.4 is 14.9 Å². The summed E-state index contributed by atoms with van der Waals surface area (Å²) in [6.45, 7) is 0. The fraction of sp³-hybridized carbons (Fsp3) is 0.200. The predicted molar refractivity (Wildman–Crippen MR) is 129 cm³/mol. The largest absolute Gasteiger partial charge is 0.502 e. The minimum atomic E-state index is -0.288. The summed E-state index contributed by atoms with van der Waals surface area (Å²) in [5.74, 6) is 0.933. The van der Waals surface area contributed by atoms with E-state index in [2.05, 4.69) is 20.7 Å². The van der Waals surface area contributed by atoms with Gasteiger partial charge in [-0.1, -0.05) is 64.7 Å². The van der Waals surface area contributed by atoms with Gasteiger partial charge in [0.1, 0.15) is 0 Å². The number of phenols is 1. The number of aromatic hydroxyl groups is 1. The number of aromatic nitrogens is 2. The smallest absolute Gasteiger partial charge is 0.250 e. The molecule has 3 rings (SSSR count). The highest BCUT2D eigenvalue weighted by molar-refractivity contribution is 8.03. The Balaban J connectivity index is 1.47. The van der Waals surface area contributed by atoms with Crippen molar-refractivity contribution < 1.29 is 19.4 Å². The van der Waals surface area contributed by atoms with Gasteiger partial charge in [0.05, 0.1) is 26.2 Å². The van der Waals surface area contributed by atoms with E-state index >= 15 is 0 Å². The van der Waals surface area contributed by atoms with Crippen LogP contribution in [0.1, 0.15) is 11.1 Å². The zero-order valence-corrected chi connectivity index (χ0v) is 20.3. The Morgan fingerprint density at radius 1 is 1.19 bits per heavy atom. The van der Waals surface area contributed by atoms with Gasteiger partial charge in [0, 0.05) is 16.3 Å². The van der Waals surface area contributed by atoms with Crippen molar-refractivity contribution in [1.82, 2.24) is 15.6 Å². The van der Waals surface area contributed by atoms with E-state index in [4.69, 9.17) is 21.1 Å². The maximum atomic E-state index is 12.1. The third-order valence-corrected chi connectivity index (χ3v) is 7.54. The molecule has 8 nitrogen and oxygen atoms in total. The second-order valence-corrected chi connectivity index (χ2v) is 9.90. The second kappa shape index (κ2) is 12.0. The Hall–Kier alpha value is -2.47. The summed E-state index contributed by atoms with van der Waals surface area (Å²) in [7, 11) is 2.87. The third-order valence-electron chi connectivity index (χ3n) is 3.93. The van der Waals surface area contributed by atoms with Crippen molar-refractivity contribution in [3.8, 4) is 17.2 Å². The number of hydrogen-bond acceptors (Lipinski definition) is 10. The van der Waals surface area contributed by atoms with E-state index in [1.54, 1.807) is 23.9 Å². The zero-order valence-electron chi connectivity index (χ0n) is 17.1. The molecule has 1 heterocycles. The monoisotopic (exact) mass is 510 g/mol. The van der Waals surface area contributed by atoms with E-state index in [1.807, 2.05) is 24.3 Å². The number of rotatable bonds is 10. The summed E-state index contributed by atoms with van der Waals surface area (Å²) >= 11 is 10.4. The van der Waals surface area contributed by atoms with Crippen molar-refractivity contribution in [3.63, 3.8) is 0 Å². The lowest BCUT2D eigenvalue weighted by Crippen LogP contribution is -2.19. The van der Waals surface area contributed by atoms with Crippen molar-refractivity contribution in [2.45, 2.75) is 14.4 Å². The van der Waals surface area contributed by atoms with Crippen molar-refractivity contribution >= 4 is 58.6 Å². The average molecular weight is 511 g/mol. The molecule has 0 radical (unpaired) electrons. The van der Waals surface area contributed by atoms with Crippen molar-refractivity contribution in [2.24, 2.45) is 5.10 Å². The van der Waals surface area contributed by atoms with E-state index in [0.29, 0.717) is 15.7 Å². The van der Waals surface area contributed by atoms with Gasteiger partial charge in [-0.25, -0.2) is 5.43 Å². The summed E-state index contributed by atoms with van der Waals surface area (Å²) in [4.78, 5) is 12.1. The first kappa shape index (κ1) is 24.2. The molecule has 12 heteroatoms. The number of carbonyl (C=O) groups is 1. The zero-order chi connectivity index (χ0) is 22.9. The molecule has 0 aliphatic carbocycles. The molecule has 0 saturated heterocycles. The van der Waals surface area contributed by atoms with Gasteiger partial charge >= 0.3 is 0 Å². The van der Waals surface area contributed by atoms with Crippen LogP contribution in [0, 0.1) is 0 Å².